The van der Waals surface area contributed by atoms with Crippen molar-refractivity contribution in [2.75, 3.05) is 14.2 Å². The Bertz CT molecular complexity index is 782. The smallest absolute Gasteiger partial charge is 0.204 e. The Balaban J connectivity index is 1.81. The van der Waals surface area contributed by atoms with Crippen molar-refractivity contribution < 1.29 is 18.9 Å². The van der Waals surface area contributed by atoms with E-state index in [4.69, 9.17) is 18.9 Å². The van der Waals surface area contributed by atoms with Crippen LogP contribution in [0.3, 0.4) is 0 Å². The zero-order chi connectivity index (χ0) is 16.0. The third-order valence-electron chi connectivity index (χ3n) is 4.02. The first kappa shape index (κ1) is 14.6. The molecule has 2 unspecified atom stereocenters. The summed E-state index contributed by atoms with van der Waals surface area (Å²) in [5.74, 6) is 2.64. The van der Waals surface area contributed by atoms with Gasteiger partial charge in [-0.25, -0.2) is 0 Å². The molecule has 4 rings (SSSR count). The molecule has 0 aliphatic carbocycles. The summed E-state index contributed by atoms with van der Waals surface area (Å²) in [7, 11) is 3.23. The van der Waals surface area contributed by atoms with E-state index in [1.54, 1.807) is 14.2 Å². The van der Waals surface area contributed by atoms with Crippen molar-refractivity contribution in [2.45, 2.75) is 12.2 Å². The minimum absolute atomic E-state index is 0.0118. The van der Waals surface area contributed by atoms with Gasteiger partial charge in [-0.15, -0.1) is 0 Å². The second kappa shape index (κ2) is 5.58. The van der Waals surface area contributed by atoms with Crippen molar-refractivity contribution in [1.82, 2.24) is 0 Å². The number of fused-ring (bicyclic) bond motifs is 3. The third-order valence-corrected chi connectivity index (χ3v) is 4.55. The molecule has 23 heavy (non-hydrogen) atoms. The molecule has 118 valence electrons. The van der Waals surface area contributed by atoms with Gasteiger partial charge in [0.2, 0.25) is 5.75 Å². The second-order valence-electron chi connectivity index (χ2n) is 5.38. The van der Waals surface area contributed by atoms with Gasteiger partial charge < -0.3 is 18.9 Å². The number of benzene rings is 2. The molecule has 0 N–H and O–H groups in total. The van der Waals surface area contributed by atoms with Gasteiger partial charge in [-0.1, -0.05) is 28.1 Å². The molecule has 2 heterocycles. The van der Waals surface area contributed by atoms with Crippen LogP contribution in [-0.4, -0.2) is 20.3 Å². The largest absolute Gasteiger partial charge is 0.493 e. The predicted molar refractivity (Wildman–Crippen MR) is 89.9 cm³/mol. The molecule has 5 heteroatoms. The molecule has 0 aromatic heterocycles. The Hall–Kier alpha value is -1.98. The fourth-order valence-corrected chi connectivity index (χ4v) is 3.07. The summed E-state index contributed by atoms with van der Waals surface area (Å²) < 4.78 is 23.9. The van der Waals surface area contributed by atoms with Crippen molar-refractivity contribution >= 4 is 21.7 Å². The van der Waals surface area contributed by atoms with Crippen molar-refractivity contribution in [3.63, 3.8) is 0 Å². The van der Waals surface area contributed by atoms with Crippen LogP contribution in [0.2, 0.25) is 0 Å². The molecule has 2 aliphatic rings. The maximum absolute atomic E-state index is 6.21. The number of methoxy groups -OCH3 is 2. The molecule has 4 nitrogen and oxygen atoms in total. The molecule has 0 saturated carbocycles. The van der Waals surface area contributed by atoms with Crippen LogP contribution in [0, 0.1) is 0 Å². The zero-order valence-corrected chi connectivity index (χ0v) is 14.3. The Morgan fingerprint density at radius 2 is 1.78 bits per heavy atom. The monoisotopic (exact) mass is 374 g/mol. The van der Waals surface area contributed by atoms with Gasteiger partial charge in [0, 0.05) is 15.6 Å². The van der Waals surface area contributed by atoms with Gasteiger partial charge in [0.25, 0.3) is 0 Å². The summed E-state index contributed by atoms with van der Waals surface area (Å²) in [4.78, 5) is 0. The predicted octanol–water partition coefficient (Wildman–Crippen LogP) is 4.34. The van der Waals surface area contributed by atoms with E-state index in [1.165, 1.54) is 0 Å². The number of epoxide rings is 1. The topological polar surface area (TPSA) is 40.2 Å². The Labute approximate surface area is 142 Å². The van der Waals surface area contributed by atoms with E-state index in [9.17, 15) is 0 Å². The van der Waals surface area contributed by atoms with Crippen LogP contribution in [0.4, 0.5) is 0 Å². The average molecular weight is 375 g/mol. The molecule has 0 bridgehead atoms. The Kier molecular flexibility index (Phi) is 3.54. The summed E-state index contributed by atoms with van der Waals surface area (Å²) in [5, 5.41) is 0. The third kappa shape index (κ3) is 2.50. The van der Waals surface area contributed by atoms with Crippen LogP contribution in [-0.2, 0) is 4.74 Å². The molecule has 1 saturated heterocycles. The van der Waals surface area contributed by atoms with Gasteiger partial charge in [-0.3, -0.25) is 0 Å². The highest BCUT2D eigenvalue weighted by molar-refractivity contribution is 9.10. The van der Waals surface area contributed by atoms with E-state index in [1.807, 2.05) is 42.5 Å². The number of halogens is 1. The van der Waals surface area contributed by atoms with Gasteiger partial charge >= 0.3 is 0 Å². The lowest BCUT2D eigenvalue weighted by Gasteiger charge is -2.17. The molecule has 0 radical (unpaired) electrons. The van der Waals surface area contributed by atoms with Crippen LogP contribution >= 0.6 is 15.9 Å². The van der Waals surface area contributed by atoms with Crippen LogP contribution in [0.25, 0.3) is 5.76 Å². The van der Waals surface area contributed by atoms with E-state index in [-0.39, 0.29) is 12.2 Å². The zero-order valence-electron chi connectivity index (χ0n) is 12.7. The maximum atomic E-state index is 6.21. The average Bonchev–Trinajstić information content (AvgIpc) is 3.33. The maximum Gasteiger partial charge on any atom is 0.204 e. The van der Waals surface area contributed by atoms with Gasteiger partial charge in [-0.2, -0.15) is 0 Å². The highest BCUT2D eigenvalue weighted by atomic mass is 79.9. The minimum atomic E-state index is 0.0118. The molecule has 2 atom stereocenters. The SMILES string of the molecule is COc1ccc2c(c1OC)OC(c1ccc(Br)cc1)=CC1OC21. The van der Waals surface area contributed by atoms with Crippen molar-refractivity contribution in [2.24, 2.45) is 0 Å². The van der Waals surface area contributed by atoms with E-state index < -0.39 is 0 Å². The first-order chi connectivity index (χ1) is 11.2. The van der Waals surface area contributed by atoms with Crippen LogP contribution in [0.5, 0.6) is 17.2 Å². The molecule has 0 spiro atoms. The van der Waals surface area contributed by atoms with Gasteiger partial charge in [-0.05, 0) is 30.3 Å². The first-order valence-corrected chi connectivity index (χ1v) is 8.06. The van der Waals surface area contributed by atoms with Crippen molar-refractivity contribution in [1.29, 1.82) is 0 Å². The molecule has 2 aliphatic heterocycles. The van der Waals surface area contributed by atoms with Crippen molar-refractivity contribution in [3.8, 4) is 17.2 Å². The lowest BCUT2D eigenvalue weighted by molar-refractivity contribution is 0.332. The van der Waals surface area contributed by atoms with Crippen LogP contribution < -0.4 is 14.2 Å². The normalized spacial score (nSPS) is 21.3. The summed E-state index contributed by atoms with van der Waals surface area (Å²) >= 11 is 3.45. The quantitative estimate of drug-likeness (QED) is 0.749. The highest BCUT2D eigenvalue weighted by Crippen LogP contribution is 2.53. The number of rotatable bonds is 3. The molecule has 0 amide bonds. The molecular weight excluding hydrogens is 360 g/mol. The first-order valence-electron chi connectivity index (χ1n) is 7.27. The molecule has 2 aromatic carbocycles. The summed E-state index contributed by atoms with van der Waals surface area (Å²) in [5.41, 5.74) is 1.97. The number of hydrogen-bond donors (Lipinski definition) is 0. The fraction of sp³-hybridized carbons (Fsp3) is 0.222. The summed E-state index contributed by atoms with van der Waals surface area (Å²) in [6.07, 6.45) is 2.06. The van der Waals surface area contributed by atoms with Crippen LogP contribution in [0.15, 0.2) is 46.9 Å². The van der Waals surface area contributed by atoms with E-state index >= 15 is 0 Å². The number of hydrogen-bond acceptors (Lipinski definition) is 4. The summed E-state index contributed by atoms with van der Waals surface area (Å²) in [6.45, 7) is 0. The van der Waals surface area contributed by atoms with E-state index in [0.717, 1.165) is 21.4 Å². The summed E-state index contributed by atoms with van der Waals surface area (Å²) in [6, 6.07) is 11.8. The molecule has 1 fully saturated rings. The molecule has 2 aromatic rings. The van der Waals surface area contributed by atoms with Crippen LogP contribution in [0.1, 0.15) is 17.2 Å². The van der Waals surface area contributed by atoms with Gasteiger partial charge in [0.1, 0.15) is 18.0 Å². The van der Waals surface area contributed by atoms with Gasteiger partial charge in [0.15, 0.2) is 11.5 Å². The molecular formula is C18H15BrO4. The lowest BCUT2D eigenvalue weighted by atomic mass is 10.1. The highest BCUT2D eigenvalue weighted by Gasteiger charge is 2.44. The Morgan fingerprint density at radius 1 is 1.00 bits per heavy atom. The standard InChI is InChI=1S/C18H15BrO4/c1-20-13-8-7-12-16-15(23-16)9-14(22-17(12)18(13)21-2)10-3-5-11(19)6-4-10/h3-9,15-16H,1-2H3. The lowest BCUT2D eigenvalue weighted by Crippen LogP contribution is -2.01. The van der Waals surface area contributed by atoms with E-state index in [0.29, 0.717) is 17.2 Å². The van der Waals surface area contributed by atoms with Crippen molar-refractivity contribution in [3.05, 3.63) is 58.1 Å². The van der Waals surface area contributed by atoms with E-state index in [2.05, 4.69) is 15.9 Å². The second-order valence-corrected chi connectivity index (χ2v) is 6.30. The number of ether oxygens (including phenoxy) is 4. The minimum Gasteiger partial charge on any atom is -0.493 e. The van der Waals surface area contributed by atoms with Gasteiger partial charge in [0.05, 0.1) is 14.2 Å². The Morgan fingerprint density at radius 3 is 2.48 bits per heavy atom. The fourth-order valence-electron chi connectivity index (χ4n) is 2.81.